The molecule has 0 aliphatic carbocycles. The van der Waals surface area contributed by atoms with E-state index in [0.29, 0.717) is 5.56 Å². The Morgan fingerprint density at radius 3 is 2.58 bits per heavy atom. The van der Waals surface area contributed by atoms with Crippen LogP contribution in [0, 0.1) is 11.3 Å². The second kappa shape index (κ2) is 5.61. The lowest BCUT2D eigenvalue weighted by atomic mass is 10.1. The third kappa shape index (κ3) is 3.05. The third-order valence-electron chi connectivity index (χ3n) is 2.59. The van der Waals surface area contributed by atoms with Gasteiger partial charge in [-0.15, -0.1) is 0 Å². The maximum atomic E-state index is 10.7. The zero-order chi connectivity index (χ0) is 13.7. The Bertz CT molecular complexity index is 667. The monoisotopic (exact) mass is 250 g/mol. The molecule has 1 heterocycles. The smallest absolute Gasteiger partial charge is 0.335 e. The second-order valence-corrected chi connectivity index (χ2v) is 3.84. The number of aromatic carboxylic acids is 1. The van der Waals surface area contributed by atoms with Crippen LogP contribution in [0.1, 0.15) is 27.0 Å². The predicted molar refractivity (Wildman–Crippen MR) is 71.3 cm³/mol. The summed E-state index contributed by atoms with van der Waals surface area (Å²) in [7, 11) is 0. The van der Waals surface area contributed by atoms with Gasteiger partial charge in [0, 0.05) is 12.4 Å². The summed E-state index contributed by atoms with van der Waals surface area (Å²) in [5, 5.41) is 17.7. The van der Waals surface area contributed by atoms with Crippen molar-refractivity contribution in [2.24, 2.45) is 0 Å². The van der Waals surface area contributed by atoms with E-state index in [-0.39, 0.29) is 5.56 Å². The van der Waals surface area contributed by atoms with E-state index >= 15 is 0 Å². The molecule has 19 heavy (non-hydrogen) atoms. The number of benzene rings is 1. The first-order chi connectivity index (χ1) is 9.20. The molecule has 2 aromatic rings. The van der Waals surface area contributed by atoms with E-state index in [2.05, 4.69) is 11.1 Å². The number of carbonyl (C=O) groups is 1. The molecule has 1 aromatic carbocycles. The van der Waals surface area contributed by atoms with E-state index in [1.165, 1.54) is 6.20 Å². The molecule has 0 fully saturated rings. The Hall–Kier alpha value is -2.93. The Morgan fingerprint density at radius 2 is 1.95 bits per heavy atom. The standard InChI is InChI=1S/C15H10N2O2/c16-9-14-10-17-8-7-12(14)4-1-11-2-5-13(6-3-11)15(18)19/h1-8,10H,(H,18,19). The first-order valence-electron chi connectivity index (χ1n) is 5.56. The molecule has 92 valence electrons. The van der Waals surface area contributed by atoms with Gasteiger partial charge in [-0.05, 0) is 29.3 Å². The molecule has 4 heteroatoms. The fourth-order valence-electron chi connectivity index (χ4n) is 1.57. The van der Waals surface area contributed by atoms with Crippen LogP contribution >= 0.6 is 0 Å². The van der Waals surface area contributed by atoms with Crippen molar-refractivity contribution in [3.05, 3.63) is 65.0 Å². The number of nitrogens with zero attached hydrogens (tertiary/aromatic N) is 2. The van der Waals surface area contributed by atoms with Gasteiger partial charge in [0.15, 0.2) is 0 Å². The van der Waals surface area contributed by atoms with E-state index in [4.69, 9.17) is 10.4 Å². The largest absolute Gasteiger partial charge is 0.478 e. The number of aromatic nitrogens is 1. The highest BCUT2D eigenvalue weighted by atomic mass is 16.4. The molecule has 1 aromatic heterocycles. The summed E-state index contributed by atoms with van der Waals surface area (Å²) >= 11 is 0. The highest BCUT2D eigenvalue weighted by Crippen LogP contribution is 2.12. The zero-order valence-corrected chi connectivity index (χ0v) is 9.95. The molecule has 0 aliphatic heterocycles. The quantitative estimate of drug-likeness (QED) is 0.908. The number of carboxylic acids is 1. The zero-order valence-electron chi connectivity index (χ0n) is 9.95. The van der Waals surface area contributed by atoms with Gasteiger partial charge >= 0.3 is 5.97 Å². The number of pyridine rings is 1. The van der Waals surface area contributed by atoms with Crippen LogP contribution in [0.3, 0.4) is 0 Å². The lowest BCUT2D eigenvalue weighted by molar-refractivity contribution is 0.0697. The average molecular weight is 250 g/mol. The molecular weight excluding hydrogens is 240 g/mol. The number of hydrogen-bond donors (Lipinski definition) is 1. The van der Waals surface area contributed by atoms with Gasteiger partial charge < -0.3 is 5.11 Å². The highest BCUT2D eigenvalue weighted by Gasteiger charge is 2.00. The molecule has 1 N–H and O–H groups in total. The van der Waals surface area contributed by atoms with Crippen LogP contribution in [0.5, 0.6) is 0 Å². The SMILES string of the molecule is N#Cc1cnccc1C=Cc1ccc(C(=O)O)cc1. The van der Waals surface area contributed by atoms with E-state index in [1.54, 1.807) is 42.6 Å². The molecule has 0 aliphatic rings. The summed E-state index contributed by atoms with van der Waals surface area (Å²) in [6, 6.07) is 10.3. The molecule has 0 atom stereocenters. The minimum absolute atomic E-state index is 0.249. The molecule has 4 nitrogen and oxygen atoms in total. The van der Waals surface area contributed by atoms with Gasteiger partial charge in [0.05, 0.1) is 11.1 Å². The predicted octanol–water partition coefficient (Wildman–Crippen LogP) is 2.82. The number of nitriles is 1. The Morgan fingerprint density at radius 1 is 1.21 bits per heavy atom. The molecule has 0 bridgehead atoms. The van der Waals surface area contributed by atoms with E-state index in [1.807, 2.05) is 6.08 Å². The summed E-state index contributed by atoms with van der Waals surface area (Å²) in [6.07, 6.45) is 6.75. The van der Waals surface area contributed by atoms with Crippen molar-refractivity contribution in [1.29, 1.82) is 5.26 Å². The van der Waals surface area contributed by atoms with Crippen molar-refractivity contribution in [2.75, 3.05) is 0 Å². The third-order valence-corrected chi connectivity index (χ3v) is 2.59. The van der Waals surface area contributed by atoms with Gasteiger partial charge in [-0.25, -0.2) is 4.79 Å². The number of rotatable bonds is 3. The lowest BCUT2D eigenvalue weighted by Crippen LogP contribution is -1.94. The van der Waals surface area contributed by atoms with Crippen molar-refractivity contribution in [3.8, 4) is 6.07 Å². The lowest BCUT2D eigenvalue weighted by Gasteiger charge is -1.97. The highest BCUT2D eigenvalue weighted by molar-refractivity contribution is 5.88. The maximum Gasteiger partial charge on any atom is 0.335 e. The van der Waals surface area contributed by atoms with Gasteiger partial charge in [-0.2, -0.15) is 5.26 Å². The van der Waals surface area contributed by atoms with Crippen LogP contribution in [0.25, 0.3) is 12.2 Å². The van der Waals surface area contributed by atoms with Crippen LogP contribution in [-0.2, 0) is 0 Å². The van der Waals surface area contributed by atoms with Crippen molar-refractivity contribution in [2.45, 2.75) is 0 Å². The molecular formula is C15H10N2O2. The Balaban J connectivity index is 2.23. The minimum Gasteiger partial charge on any atom is -0.478 e. The summed E-state index contributed by atoms with van der Waals surface area (Å²) < 4.78 is 0. The first kappa shape index (κ1) is 12.5. The van der Waals surface area contributed by atoms with Crippen molar-refractivity contribution in [1.82, 2.24) is 4.98 Å². The van der Waals surface area contributed by atoms with Gasteiger partial charge in [0.25, 0.3) is 0 Å². The van der Waals surface area contributed by atoms with Gasteiger partial charge in [-0.1, -0.05) is 24.3 Å². The van der Waals surface area contributed by atoms with Gasteiger partial charge in [0.2, 0.25) is 0 Å². The summed E-state index contributed by atoms with van der Waals surface area (Å²) in [6.45, 7) is 0. The van der Waals surface area contributed by atoms with Crippen LogP contribution in [0.15, 0.2) is 42.7 Å². The minimum atomic E-state index is -0.948. The fraction of sp³-hybridized carbons (Fsp3) is 0. The molecule has 0 unspecified atom stereocenters. The Kier molecular flexibility index (Phi) is 3.70. The van der Waals surface area contributed by atoms with Crippen molar-refractivity contribution < 1.29 is 9.90 Å². The van der Waals surface area contributed by atoms with Gasteiger partial charge in [-0.3, -0.25) is 4.98 Å². The Labute approximate surface area is 110 Å². The van der Waals surface area contributed by atoms with Crippen LogP contribution in [0.2, 0.25) is 0 Å². The molecule has 2 rings (SSSR count). The van der Waals surface area contributed by atoms with Crippen molar-refractivity contribution >= 4 is 18.1 Å². The normalized spacial score (nSPS) is 10.3. The first-order valence-corrected chi connectivity index (χ1v) is 5.56. The molecule has 0 radical (unpaired) electrons. The fourth-order valence-corrected chi connectivity index (χ4v) is 1.57. The molecule has 0 saturated carbocycles. The van der Waals surface area contributed by atoms with Crippen LogP contribution in [0.4, 0.5) is 0 Å². The molecule has 0 spiro atoms. The molecule has 0 saturated heterocycles. The average Bonchev–Trinajstić information content (AvgIpc) is 2.45. The topological polar surface area (TPSA) is 74.0 Å². The van der Waals surface area contributed by atoms with Gasteiger partial charge in [0.1, 0.15) is 6.07 Å². The second-order valence-electron chi connectivity index (χ2n) is 3.84. The van der Waals surface area contributed by atoms with E-state index in [0.717, 1.165) is 11.1 Å². The van der Waals surface area contributed by atoms with Crippen LogP contribution < -0.4 is 0 Å². The summed E-state index contributed by atoms with van der Waals surface area (Å²) in [5.41, 5.74) is 2.39. The maximum absolute atomic E-state index is 10.7. The number of hydrogen-bond acceptors (Lipinski definition) is 3. The summed E-state index contributed by atoms with van der Waals surface area (Å²) in [5.74, 6) is -0.948. The van der Waals surface area contributed by atoms with E-state index in [9.17, 15) is 4.79 Å². The number of carboxylic acid groups (broad SMARTS) is 1. The van der Waals surface area contributed by atoms with Crippen molar-refractivity contribution in [3.63, 3.8) is 0 Å². The summed E-state index contributed by atoms with van der Waals surface area (Å²) in [4.78, 5) is 14.6. The van der Waals surface area contributed by atoms with Crippen LogP contribution in [-0.4, -0.2) is 16.1 Å². The van der Waals surface area contributed by atoms with E-state index < -0.39 is 5.97 Å². The molecule has 0 amide bonds.